The van der Waals surface area contributed by atoms with Gasteiger partial charge in [-0.15, -0.1) is 0 Å². The van der Waals surface area contributed by atoms with Crippen LogP contribution in [-0.4, -0.2) is 36.5 Å². The monoisotopic (exact) mass is 304 g/mol. The second kappa shape index (κ2) is 5.61. The molecule has 0 radical (unpaired) electrons. The maximum Gasteiger partial charge on any atom is 0.413 e. The van der Waals surface area contributed by atoms with E-state index in [1.165, 1.54) is 11.1 Å². The van der Waals surface area contributed by atoms with E-state index in [-0.39, 0.29) is 0 Å². The van der Waals surface area contributed by atoms with Crippen LogP contribution in [0.2, 0.25) is 0 Å². The molecule has 1 aromatic heterocycles. The number of hydrogen-bond donors (Lipinski definition) is 1. The van der Waals surface area contributed by atoms with Gasteiger partial charge in [-0.1, -0.05) is 0 Å². The molecular formula is C16H20N2O4. The average Bonchev–Trinajstić information content (AvgIpc) is 2.44. The van der Waals surface area contributed by atoms with Crippen LogP contribution in [0.15, 0.2) is 17.7 Å². The van der Waals surface area contributed by atoms with Crippen LogP contribution in [0.1, 0.15) is 32.8 Å². The molecule has 0 aromatic carbocycles. The van der Waals surface area contributed by atoms with E-state index < -0.39 is 11.7 Å². The van der Waals surface area contributed by atoms with E-state index in [0.29, 0.717) is 24.9 Å². The molecule has 1 N–H and O–H groups in total. The van der Waals surface area contributed by atoms with Crippen molar-refractivity contribution in [1.29, 1.82) is 0 Å². The molecule has 2 aliphatic rings. The van der Waals surface area contributed by atoms with Crippen molar-refractivity contribution in [3.63, 3.8) is 0 Å². The number of amides is 1. The van der Waals surface area contributed by atoms with E-state index in [9.17, 15) is 4.79 Å². The van der Waals surface area contributed by atoms with Gasteiger partial charge in [-0.05, 0) is 50.5 Å². The first-order chi connectivity index (χ1) is 10.4. The topological polar surface area (TPSA) is 69.7 Å². The van der Waals surface area contributed by atoms with Gasteiger partial charge in [0.2, 0.25) is 5.88 Å². The normalized spacial score (nSPS) is 17.2. The van der Waals surface area contributed by atoms with Crippen molar-refractivity contribution >= 4 is 17.5 Å². The summed E-state index contributed by atoms with van der Waals surface area (Å²) in [6.07, 6.45) is 0.341. The minimum atomic E-state index is -0.545. The second-order valence-corrected chi connectivity index (χ2v) is 6.35. The summed E-state index contributed by atoms with van der Waals surface area (Å²) < 4.78 is 16.3. The van der Waals surface area contributed by atoms with Crippen molar-refractivity contribution in [2.24, 2.45) is 0 Å². The van der Waals surface area contributed by atoms with Crippen LogP contribution < -0.4 is 10.1 Å². The zero-order valence-corrected chi connectivity index (χ0v) is 13.1. The van der Waals surface area contributed by atoms with Crippen molar-refractivity contribution < 1.29 is 19.0 Å². The lowest BCUT2D eigenvalue weighted by Gasteiger charge is -2.27. The maximum absolute atomic E-state index is 11.8. The Kier molecular flexibility index (Phi) is 3.78. The molecule has 6 nitrogen and oxygen atoms in total. The van der Waals surface area contributed by atoms with E-state index in [1.807, 2.05) is 26.8 Å². The number of pyridine rings is 1. The summed E-state index contributed by atoms with van der Waals surface area (Å²) in [5.41, 5.74) is 2.87. The molecule has 6 heteroatoms. The zero-order valence-electron chi connectivity index (χ0n) is 13.1. The van der Waals surface area contributed by atoms with Gasteiger partial charge in [0.25, 0.3) is 0 Å². The Hall–Kier alpha value is -2.08. The van der Waals surface area contributed by atoms with E-state index in [4.69, 9.17) is 14.2 Å². The van der Waals surface area contributed by atoms with E-state index >= 15 is 0 Å². The number of rotatable bonds is 1. The van der Waals surface area contributed by atoms with Gasteiger partial charge in [-0.3, -0.25) is 5.32 Å². The van der Waals surface area contributed by atoms with Crippen molar-refractivity contribution in [3.8, 4) is 5.88 Å². The van der Waals surface area contributed by atoms with Crippen LogP contribution in [0, 0.1) is 0 Å². The lowest BCUT2D eigenvalue weighted by molar-refractivity contribution is 0.0635. The Morgan fingerprint density at radius 1 is 1.32 bits per heavy atom. The molecule has 3 heterocycles. The van der Waals surface area contributed by atoms with Crippen molar-refractivity contribution in [2.45, 2.75) is 32.8 Å². The molecule has 0 fully saturated rings. The number of carbonyl (C=O) groups excluding carboxylic acids is 1. The van der Waals surface area contributed by atoms with Crippen LogP contribution in [0.4, 0.5) is 10.6 Å². The van der Waals surface area contributed by atoms with Crippen LogP contribution in [-0.2, 0) is 9.47 Å². The molecule has 0 spiro atoms. The summed E-state index contributed by atoms with van der Waals surface area (Å²) >= 11 is 0. The van der Waals surface area contributed by atoms with Gasteiger partial charge in [0.1, 0.15) is 18.0 Å². The van der Waals surface area contributed by atoms with Gasteiger partial charge in [-0.2, -0.15) is 4.98 Å². The van der Waals surface area contributed by atoms with Crippen molar-refractivity contribution in [3.05, 3.63) is 23.3 Å². The number of ether oxygens (including phenoxy) is 3. The third-order valence-electron chi connectivity index (χ3n) is 3.40. The summed E-state index contributed by atoms with van der Waals surface area (Å²) in [5.74, 6) is 0.971. The number of nitrogens with zero attached hydrogens (tertiary/aromatic N) is 1. The summed E-state index contributed by atoms with van der Waals surface area (Å²) in [7, 11) is 0. The van der Waals surface area contributed by atoms with E-state index in [0.717, 1.165) is 18.6 Å². The first kappa shape index (κ1) is 14.8. The zero-order chi connectivity index (χ0) is 15.7. The SMILES string of the molecule is CC(C)(C)OC(=O)Nc1ccc2c(n1)OCC1=C2CCOC1. The average molecular weight is 304 g/mol. The molecule has 0 atom stereocenters. The molecule has 0 bridgehead atoms. The summed E-state index contributed by atoms with van der Waals surface area (Å²) in [5, 5.41) is 2.63. The van der Waals surface area contributed by atoms with Gasteiger partial charge < -0.3 is 14.2 Å². The third-order valence-corrected chi connectivity index (χ3v) is 3.40. The maximum atomic E-state index is 11.8. The first-order valence-corrected chi connectivity index (χ1v) is 7.35. The fraction of sp³-hybridized carbons (Fsp3) is 0.500. The molecule has 22 heavy (non-hydrogen) atoms. The molecule has 0 saturated heterocycles. The second-order valence-electron chi connectivity index (χ2n) is 6.35. The first-order valence-electron chi connectivity index (χ1n) is 7.35. The third kappa shape index (κ3) is 3.22. The molecule has 118 valence electrons. The molecule has 1 amide bonds. The highest BCUT2D eigenvalue weighted by Crippen LogP contribution is 2.36. The van der Waals surface area contributed by atoms with Gasteiger partial charge in [0.15, 0.2) is 0 Å². The smallest absolute Gasteiger partial charge is 0.413 e. The minimum Gasteiger partial charge on any atom is -0.473 e. The van der Waals surface area contributed by atoms with Crippen LogP contribution in [0.5, 0.6) is 5.88 Å². The number of anilines is 1. The molecule has 0 saturated carbocycles. The largest absolute Gasteiger partial charge is 0.473 e. The predicted octanol–water partition coefficient (Wildman–Crippen LogP) is 2.99. The lowest BCUT2D eigenvalue weighted by Crippen LogP contribution is -2.27. The Balaban J connectivity index is 1.78. The fourth-order valence-corrected chi connectivity index (χ4v) is 2.50. The van der Waals surface area contributed by atoms with Gasteiger partial charge in [0.05, 0.1) is 13.2 Å². The van der Waals surface area contributed by atoms with E-state index in [1.54, 1.807) is 6.07 Å². The molecule has 0 aliphatic carbocycles. The minimum absolute atomic E-state index is 0.420. The van der Waals surface area contributed by atoms with Crippen LogP contribution >= 0.6 is 0 Å². The molecule has 3 rings (SSSR count). The quantitative estimate of drug-likeness (QED) is 0.863. The Bertz CT molecular complexity index is 632. The Morgan fingerprint density at radius 2 is 2.14 bits per heavy atom. The summed E-state index contributed by atoms with van der Waals surface area (Å²) in [6, 6.07) is 3.69. The fourth-order valence-electron chi connectivity index (χ4n) is 2.50. The van der Waals surface area contributed by atoms with Crippen LogP contribution in [0.25, 0.3) is 5.57 Å². The Labute approximate surface area is 129 Å². The van der Waals surface area contributed by atoms with Crippen molar-refractivity contribution in [2.75, 3.05) is 25.1 Å². The highest BCUT2D eigenvalue weighted by Gasteiger charge is 2.24. The van der Waals surface area contributed by atoms with Gasteiger partial charge in [-0.25, -0.2) is 4.79 Å². The summed E-state index contributed by atoms with van der Waals surface area (Å²) in [6.45, 7) is 7.27. The molecular weight excluding hydrogens is 284 g/mol. The number of aromatic nitrogens is 1. The molecule has 0 unspecified atom stereocenters. The number of hydrogen-bond acceptors (Lipinski definition) is 5. The Morgan fingerprint density at radius 3 is 2.91 bits per heavy atom. The van der Waals surface area contributed by atoms with Gasteiger partial charge in [0, 0.05) is 5.56 Å². The number of fused-ring (bicyclic) bond motifs is 2. The summed E-state index contributed by atoms with van der Waals surface area (Å²) in [4.78, 5) is 16.1. The van der Waals surface area contributed by atoms with Gasteiger partial charge >= 0.3 is 6.09 Å². The van der Waals surface area contributed by atoms with E-state index in [2.05, 4.69) is 10.3 Å². The standard InChI is InChI=1S/C16H20N2O4/c1-16(2,3)22-15(19)18-13-5-4-12-11-6-7-20-8-10(11)9-21-14(12)17-13/h4-5H,6-9H2,1-3H3,(H,17,18,19). The predicted molar refractivity (Wildman–Crippen MR) is 81.9 cm³/mol. The highest BCUT2D eigenvalue weighted by molar-refractivity contribution is 5.84. The molecule has 1 aromatic rings. The lowest BCUT2D eigenvalue weighted by atomic mass is 9.95. The van der Waals surface area contributed by atoms with Crippen LogP contribution in [0.3, 0.4) is 0 Å². The molecule has 2 aliphatic heterocycles. The highest BCUT2D eigenvalue weighted by atomic mass is 16.6. The number of carbonyl (C=O) groups is 1. The van der Waals surface area contributed by atoms with Crippen molar-refractivity contribution in [1.82, 2.24) is 4.98 Å². The number of nitrogens with one attached hydrogen (secondary N) is 1.